The molecule has 0 spiro atoms. The van der Waals surface area contributed by atoms with Crippen LogP contribution in [-0.4, -0.2) is 60.4 Å². The standard InChI is InChI=1S/C20H30N4O2.2ClH/c21-17-8-6-16(7-9-17)14-20(26)24-12-10-23(11-13-24)15-19(25)22-18-4-2-1-3-5-18;;/h6-9,18H,1-5,10-15,21H2,(H,22,25);2*1H. The number of hydrogen-bond donors (Lipinski definition) is 2. The zero-order valence-corrected chi connectivity index (χ0v) is 17.9. The fourth-order valence-corrected chi connectivity index (χ4v) is 3.80. The molecule has 1 aromatic rings. The molecule has 0 radical (unpaired) electrons. The zero-order valence-electron chi connectivity index (χ0n) is 16.3. The number of nitrogen functional groups attached to an aromatic ring is 1. The van der Waals surface area contributed by atoms with E-state index in [1.807, 2.05) is 29.2 Å². The molecule has 0 bridgehead atoms. The van der Waals surface area contributed by atoms with Crippen molar-refractivity contribution in [3.05, 3.63) is 29.8 Å². The molecule has 1 heterocycles. The first-order valence-electron chi connectivity index (χ1n) is 9.74. The smallest absolute Gasteiger partial charge is 0.234 e. The van der Waals surface area contributed by atoms with Gasteiger partial charge < -0.3 is 16.0 Å². The highest BCUT2D eigenvalue weighted by Gasteiger charge is 2.23. The van der Waals surface area contributed by atoms with Crippen LogP contribution < -0.4 is 11.1 Å². The van der Waals surface area contributed by atoms with Crippen LogP contribution in [0.1, 0.15) is 37.7 Å². The van der Waals surface area contributed by atoms with Crippen LogP contribution in [0.3, 0.4) is 0 Å². The minimum atomic E-state index is 0. The van der Waals surface area contributed by atoms with Gasteiger partial charge in [0.15, 0.2) is 0 Å². The molecule has 3 N–H and O–H groups in total. The topological polar surface area (TPSA) is 78.7 Å². The molecule has 158 valence electrons. The molecule has 2 fully saturated rings. The fourth-order valence-electron chi connectivity index (χ4n) is 3.80. The Morgan fingerprint density at radius 2 is 1.57 bits per heavy atom. The summed E-state index contributed by atoms with van der Waals surface area (Å²) in [7, 11) is 0. The van der Waals surface area contributed by atoms with Crippen LogP contribution in [0, 0.1) is 0 Å². The quantitative estimate of drug-likeness (QED) is 0.701. The summed E-state index contributed by atoms with van der Waals surface area (Å²) in [6, 6.07) is 7.81. The lowest BCUT2D eigenvalue weighted by Gasteiger charge is -2.34. The van der Waals surface area contributed by atoms with Crippen molar-refractivity contribution in [2.24, 2.45) is 0 Å². The molecule has 1 saturated carbocycles. The second kappa shape index (κ2) is 12.1. The van der Waals surface area contributed by atoms with Crippen molar-refractivity contribution in [1.82, 2.24) is 15.1 Å². The fraction of sp³-hybridized carbons (Fsp3) is 0.600. The first-order valence-corrected chi connectivity index (χ1v) is 9.74. The number of nitrogens with two attached hydrogens (primary N) is 1. The van der Waals surface area contributed by atoms with E-state index in [0.717, 1.165) is 31.5 Å². The van der Waals surface area contributed by atoms with Gasteiger partial charge in [-0.1, -0.05) is 31.4 Å². The van der Waals surface area contributed by atoms with Crippen LogP contribution in [0.25, 0.3) is 0 Å². The minimum Gasteiger partial charge on any atom is -0.399 e. The van der Waals surface area contributed by atoms with Crippen molar-refractivity contribution in [1.29, 1.82) is 0 Å². The van der Waals surface area contributed by atoms with Crippen LogP contribution in [0.4, 0.5) is 5.69 Å². The average Bonchev–Trinajstić information content (AvgIpc) is 2.65. The molecule has 1 aromatic carbocycles. The van der Waals surface area contributed by atoms with Crippen LogP contribution in [0.5, 0.6) is 0 Å². The van der Waals surface area contributed by atoms with E-state index in [9.17, 15) is 9.59 Å². The van der Waals surface area contributed by atoms with Gasteiger partial charge in [0.2, 0.25) is 11.8 Å². The van der Waals surface area contributed by atoms with E-state index in [1.165, 1.54) is 19.3 Å². The number of halogens is 2. The Bertz CT molecular complexity index is 613. The Balaban J connectivity index is 0.00000196. The van der Waals surface area contributed by atoms with Gasteiger partial charge in [-0.05, 0) is 30.5 Å². The van der Waals surface area contributed by atoms with Crippen molar-refractivity contribution < 1.29 is 9.59 Å². The van der Waals surface area contributed by atoms with E-state index in [1.54, 1.807) is 0 Å². The molecular weight excluding hydrogens is 399 g/mol. The second-order valence-electron chi connectivity index (χ2n) is 7.48. The summed E-state index contributed by atoms with van der Waals surface area (Å²) in [6.07, 6.45) is 6.36. The summed E-state index contributed by atoms with van der Waals surface area (Å²) in [6.45, 7) is 3.32. The summed E-state index contributed by atoms with van der Waals surface area (Å²) in [5, 5.41) is 3.17. The summed E-state index contributed by atoms with van der Waals surface area (Å²) in [5.74, 6) is 0.264. The molecule has 0 unspecified atom stereocenters. The van der Waals surface area contributed by atoms with Crippen molar-refractivity contribution >= 4 is 42.3 Å². The summed E-state index contributed by atoms with van der Waals surface area (Å²) < 4.78 is 0. The highest BCUT2D eigenvalue weighted by molar-refractivity contribution is 5.85. The maximum atomic E-state index is 12.4. The number of piperazine rings is 1. The molecule has 28 heavy (non-hydrogen) atoms. The predicted molar refractivity (Wildman–Crippen MR) is 117 cm³/mol. The third-order valence-electron chi connectivity index (χ3n) is 5.40. The second-order valence-corrected chi connectivity index (χ2v) is 7.48. The van der Waals surface area contributed by atoms with E-state index >= 15 is 0 Å². The monoisotopic (exact) mass is 430 g/mol. The Hall–Kier alpha value is -1.50. The van der Waals surface area contributed by atoms with Crippen molar-refractivity contribution in [2.45, 2.75) is 44.6 Å². The molecule has 2 amide bonds. The summed E-state index contributed by atoms with van der Waals surface area (Å²) >= 11 is 0. The van der Waals surface area contributed by atoms with Gasteiger partial charge in [0, 0.05) is 37.9 Å². The number of amides is 2. The molecule has 1 aliphatic carbocycles. The van der Waals surface area contributed by atoms with Gasteiger partial charge in [-0.15, -0.1) is 24.8 Å². The van der Waals surface area contributed by atoms with Crippen LogP contribution in [0.15, 0.2) is 24.3 Å². The Morgan fingerprint density at radius 3 is 2.18 bits per heavy atom. The van der Waals surface area contributed by atoms with Crippen LogP contribution in [-0.2, 0) is 16.0 Å². The number of nitrogens with zero attached hydrogens (tertiary/aromatic N) is 2. The zero-order chi connectivity index (χ0) is 18.4. The molecule has 1 saturated heterocycles. The molecule has 8 heteroatoms. The third kappa shape index (κ3) is 7.49. The van der Waals surface area contributed by atoms with Crippen molar-refractivity contribution in [3.8, 4) is 0 Å². The number of nitrogens with one attached hydrogen (secondary N) is 1. The van der Waals surface area contributed by atoms with Crippen molar-refractivity contribution in [3.63, 3.8) is 0 Å². The number of hydrogen-bond acceptors (Lipinski definition) is 4. The predicted octanol–water partition coefficient (Wildman–Crippen LogP) is 2.25. The normalized spacial score (nSPS) is 17.9. The minimum absolute atomic E-state index is 0. The van der Waals surface area contributed by atoms with Gasteiger partial charge in [-0.25, -0.2) is 0 Å². The highest BCUT2D eigenvalue weighted by Crippen LogP contribution is 2.17. The molecule has 1 aliphatic heterocycles. The lowest BCUT2D eigenvalue weighted by atomic mass is 9.95. The summed E-state index contributed by atoms with van der Waals surface area (Å²) in [5.41, 5.74) is 7.37. The van der Waals surface area contributed by atoms with Crippen molar-refractivity contribution in [2.75, 3.05) is 38.5 Å². The van der Waals surface area contributed by atoms with E-state index in [2.05, 4.69) is 10.2 Å². The Kier molecular flexibility index (Phi) is 10.6. The number of anilines is 1. The molecule has 0 aromatic heterocycles. The SMILES string of the molecule is Cl.Cl.Nc1ccc(CC(=O)N2CCN(CC(=O)NC3CCCCC3)CC2)cc1. The third-order valence-corrected chi connectivity index (χ3v) is 5.40. The van der Waals surface area contributed by atoms with E-state index in [-0.39, 0.29) is 36.6 Å². The number of carbonyl (C=O) groups excluding carboxylic acids is 2. The Morgan fingerprint density at radius 1 is 0.964 bits per heavy atom. The molecule has 0 atom stereocenters. The van der Waals surface area contributed by atoms with Gasteiger partial charge in [-0.3, -0.25) is 14.5 Å². The lowest BCUT2D eigenvalue weighted by Crippen LogP contribution is -2.52. The van der Waals surface area contributed by atoms with E-state index < -0.39 is 0 Å². The van der Waals surface area contributed by atoms with Gasteiger partial charge >= 0.3 is 0 Å². The van der Waals surface area contributed by atoms with E-state index in [0.29, 0.717) is 37.8 Å². The first-order chi connectivity index (χ1) is 12.6. The lowest BCUT2D eigenvalue weighted by molar-refractivity contribution is -0.132. The largest absolute Gasteiger partial charge is 0.399 e. The van der Waals surface area contributed by atoms with Gasteiger partial charge in [-0.2, -0.15) is 0 Å². The van der Waals surface area contributed by atoms with Gasteiger partial charge in [0.05, 0.1) is 13.0 Å². The average molecular weight is 431 g/mol. The molecule has 6 nitrogen and oxygen atoms in total. The number of rotatable bonds is 5. The Labute approximate surface area is 180 Å². The van der Waals surface area contributed by atoms with Crippen LogP contribution in [0.2, 0.25) is 0 Å². The number of benzene rings is 1. The van der Waals surface area contributed by atoms with E-state index in [4.69, 9.17) is 5.73 Å². The van der Waals surface area contributed by atoms with Gasteiger partial charge in [0.1, 0.15) is 0 Å². The maximum absolute atomic E-state index is 12.4. The molecular formula is C20H32Cl2N4O2. The number of carbonyl (C=O) groups is 2. The highest BCUT2D eigenvalue weighted by atomic mass is 35.5. The van der Waals surface area contributed by atoms with Gasteiger partial charge in [0.25, 0.3) is 0 Å². The maximum Gasteiger partial charge on any atom is 0.234 e. The molecule has 2 aliphatic rings. The molecule has 3 rings (SSSR count). The first kappa shape index (κ1) is 24.5. The summed E-state index contributed by atoms with van der Waals surface area (Å²) in [4.78, 5) is 28.7. The van der Waals surface area contributed by atoms with Crippen LogP contribution >= 0.6 is 24.8 Å².